The fourth-order valence-corrected chi connectivity index (χ4v) is 1.33. The molecule has 15 heavy (non-hydrogen) atoms. The van der Waals surface area contributed by atoms with Crippen molar-refractivity contribution in [2.45, 2.75) is 6.18 Å². The monoisotopic (exact) mass is 232 g/mol. The van der Waals surface area contributed by atoms with Gasteiger partial charge in [-0.3, -0.25) is 0 Å². The second kappa shape index (κ2) is 3.34. The van der Waals surface area contributed by atoms with Crippen LogP contribution in [0.5, 0.6) is 0 Å². The summed E-state index contributed by atoms with van der Waals surface area (Å²) in [7, 11) is 0. The average Bonchev–Trinajstić information content (AvgIpc) is 2.15. The minimum Gasteiger partial charge on any atom is -0.226 e. The van der Waals surface area contributed by atoms with Crippen molar-refractivity contribution in [3.63, 3.8) is 0 Å². The Bertz CT molecular complexity index is 510. The molecule has 0 bridgehead atoms. The predicted molar refractivity (Wildman–Crippen MR) is 49.6 cm³/mol. The van der Waals surface area contributed by atoms with E-state index < -0.39 is 11.7 Å². The van der Waals surface area contributed by atoms with Gasteiger partial charge in [0.05, 0.1) is 11.1 Å². The van der Waals surface area contributed by atoms with Crippen molar-refractivity contribution in [1.82, 2.24) is 9.97 Å². The van der Waals surface area contributed by atoms with Crippen LogP contribution in [0.4, 0.5) is 13.2 Å². The molecule has 0 aliphatic carbocycles. The maximum Gasteiger partial charge on any atom is 0.416 e. The van der Waals surface area contributed by atoms with Crippen molar-refractivity contribution in [3.05, 3.63) is 35.2 Å². The van der Waals surface area contributed by atoms with Gasteiger partial charge in [0.1, 0.15) is 0 Å². The van der Waals surface area contributed by atoms with Crippen LogP contribution in [-0.2, 0) is 6.18 Å². The maximum atomic E-state index is 12.3. The maximum absolute atomic E-state index is 12.3. The molecule has 1 aromatic heterocycles. The zero-order valence-electron chi connectivity index (χ0n) is 7.22. The van der Waals surface area contributed by atoms with Crippen LogP contribution in [0.2, 0.25) is 5.28 Å². The lowest BCUT2D eigenvalue weighted by atomic mass is 10.1. The van der Waals surface area contributed by atoms with Crippen LogP contribution in [0.1, 0.15) is 5.56 Å². The molecule has 1 heterocycles. The van der Waals surface area contributed by atoms with E-state index in [1.54, 1.807) is 0 Å². The van der Waals surface area contributed by atoms with Crippen molar-refractivity contribution in [2.75, 3.05) is 0 Å². The summed E-state index contributed by atoms with van der Waals surface area (Å²) in [6.45, 7) is 0. The highest BCUT2D eigenvalue weighted by molar-refractivity contribution is 6.28. The minimum atomic E-state index is -4.35. The number of fused-ring (bicyclic) bond motifs is 1. The third-order valence-electron chi connectivity index (χ3n) is 1.88. The molecule has 0 fully saturated rings. The number of hydrogen-bond donors (Lipinski definition) is 0. The van der Waals surface area contributed by atoms with Crippen LogP contribution in [0.3, 0.4) is 0 Å². The largest absolute Gasteiger partial charge is 0.416 e. The highest BCUT2D eigenvalue weighted by Crippen LogP contribution is 2.30. The molecule has 0 spiro atoms. The molecule has 0 aliphatic rings. The lowest BCUT2D eigenvalue weighted by Gasteiger charge is -2.06. The normalized spacial score (nSPS) is 12.0. The molecular formula is C9H4ClF3N2. The predicted octanol–water partition coefficient (Wildman–Crippen LogP) is 3.30. The van der Waals surface area contributed by atoms with Gasteiger partial charge in [-0.05, 0) is 29.8 Å². The van der Waals surface area contributed by atoms with E-state index in [2.05, 4.69) is 9.97 Å². The molecule has 78 valence electrons. The zero-order chi connectivity index (χ0) is 11.1. The van der Waals surface area contributed by atoms with E-state index in [1.807, 2.05) is 0 Å². The van der Waals surface area contributed by atoms with Crippen molar-refractivity contribution < 1.29 is 13.2 Å². The summed E-state index contributed by atoms with van der Waals surface area (Å²) in [5, 5.41) is 0.330. The van der Waals surface area contributed by atoms with Crippen molar-refractivity contribution in [1.29, 1.82) is 0 Å². The third-order valence-corrected chi connectivity index (χ3v) is 2.06. The average molecular weight is 233 g/mol. The number of halogens is 4. The van der Waals surface area contributed by atoms with Crippen LogP contribution >= 0.6 is 11.6 Å². The van der Waals surface area contributed by atoms with Crippen molar-refractivity contribution in [2.24, 2.45) is 0 Å². The molecule has 2 rings (SSSR count). The molecule has 2 aromatic rings. The van der Waals surface area contributed by atoms with E-state index >= 15 is 0 Å². The molecule has 2 nitrogen and oxygen atoms in total. The molecule has 1 aromatic carbocycles. The topological polar surface area (TPSA) is 25.8 Å². The first-order valence-corrected chi connectivity index (χ1v) is 4.34. The molecule has 0 saturated heterocycles. The van der Waals surface area contributed by atoms with Gasteiger partial charge in [0.2, 0.25) is 5.28 Å². The lowest BCUT2D eigenvalue weighted by molar-refractivity contribution is -0.137. The quantitative estimate of drug-likeness (QED) is 0.652. The highest BCUT2D eigenvalue weighted by Gasteiger charge is 2.30. The lowest BCUT2D eigenvalue weighted by Crippen LogP contribution is -2.04. The molecule has 0 radical (unpaired) electrons. The number of aromatic nitrogens is 2. The number of hydrogen-bond acceptors (Lipinski definition) is 2. The minimum absolute atomic E-state index is 0.0160. The number of rotatable bonds is 0. The molecule has 6 heteroatoms. The standard InChI is InChI=1S/C9H4ClF3N2/c10-8-14-4-5-3-6(9(11,12)13)1-2-7(5)15-8/h1-4H. The molecule has 0 atom stereocenters. The summed E-state index contributed by atoms with van der Waals surface area (Å²) < 4.78 is 37.0. The van der Waals surface area contributed by atoms with Crippen molar-refractivity contribution in [3.8, 4) is 0 Å². The molecule has 0 aliphatic heterocycles. The van der Waals surface area contributed by atoms with Gasteiger partial charge in [-0.2, -0.15) is 13.2 Å². The van der Waals surface area contributed by atoms with Gasteiger partial charge in [0.25, 0.3) is 0 Å². The van der Waals surface area contributed by atoms with E-state index in [0.29, 0.717) is 10.9 Å². The zero-order valence-corrected chi connectivity index (χ0v) is 7.97. The molecule has 0 amide bonds. The first kappa shape index (κ1) is 10.2. The van der Waals surface area contributed by atoms with E-state index in [-0.39, 0.29) is 5.28 Å². The van der Waals surface area contributed by atoms with E-state index in [1.165, 1.54) is 12.3 Å². The van der Waals surface area contributed by atoms with E-state index in [0.717, 1.165) is 12.1 Å². The second-order valence-electron chi connectivity index (χ2n) is 2.91. The fourth-order valence-electron chi connectivity index (χ4n) is 1.19. The van der Waals surface area contributed by atoms with Gasteiger partial charge >= 0.3 is 6.18 Å². The Balaban J connectivity index is 2.62. The SMILES string of the molecule is FC(F)(F)c1ccc2nc(Cl)ncc2c1. The number of alkyl halides is 3. The van der Waals surface area contributed by atoms with Crippen LogP contribution < -0.4 is 0 Å². The smallest absolute Gasteiger partial charge is 0.226 e. The van der Waals surface area contributed by atoms with E-state index in [4.69, 9.17) is 11.6 Å². The van der Waals surface area contributed by atoms with Crippen LogP contribution in [0.15, 0.2) is 24.4 Å². The Morgan fingerprint density at radius 2 is 1.93 bits per heavy atom. The molecular weight excluding hydrogens is 229 g/mol. The van der Waals surface area contributed by atoms with Crippen molar-refractivity contribution >= 4 is 22.5 Å². The van der Waals surface area contributed by atoms with Crippen LogP contribution in [-0.4, -0.2) is 9.97 Å². The van der Waals surface area contributed by atoms with Gasteiger partial charge in [-0.15, -0.1) is 0 Å². The Morgan fingerprint density at radius 3 is 2.60 bits per heavy atom. The number of nitrogens with zero attached hydrogens (tertiary/aromatic N) is 2. The Hall–Kier alpha value is -1.36. The van der Waals surface area contributed by atoms with Crippen LogP contribution in [0, 0.1) is 0 Å². The Kier molecular flexibility index (Phi) is 2.26. The Labute approximate surface area is 87.7 Å². The fraction of sp³-hybridized carbons (Fsp3) is 0.111. The highest BCUT2D eigenvalue weighted by atomic mass is 35.5. The first-order chi connectivity index (χ1) is 6.97. The first-order valence-electron chi connectivity index (χ1n) is 3.96. The van der Waals surface area contributed by atoms with Gasteiger partial charge in [-0.1, -0.05) is 0 Å². The summed E-state index contributed by atoms with van der Waals surface area (Å²) in [4.78, 5) is 7.40. The number of benzene rings is 1. The summed E-state index contributed by atoms with van der Waals surface area (Å²) in [5.74, 6) is 0. The van der Waals surface area contributed by atoms with Gasteiger partial charge < -0.3 is 0 Å². The molecule has 0 unspecified atom stereocenters. The van der Waals surface area contributed by atoms with E-state index in [9.17, 15) is 13.2 Å². The summed E-state index contributed by atoms with van der Waals surface area (Å²) in [6, 6.07) is 3.23. The van der Waals surface area contributed by atoms with Gasteiger partial charge in [0, 0.05) is 11.6 Å². The van der Waals surface area contributed by atoms with Gasteiger partial charge in [0.15, 0.2) is 0 Å². The second-order valence-corrected chi connectivity index (χ2v) is 3.25. The summed E-state index contributed by atoms with van der Waals surface area (Å²) in [5.41, 5.74) is -0.330. The Morgan fingerprint density at radius 1 is 1.20 bits per heavy atom. The third kappa shape index (κ3) is 2.02. The molecule has 0 saturated carbocycles. The summed E-state index contributed by atoms with van der Waals surface area (Å²) in [6.07, 6.45) is -3.09. The summed E-state index contributed by atoms with van der Waals surface area (Å²) >= 11 is 5.50. The molecule has 0 N–H and O–H groups in total. The van der Waals surface area contributed by atoms with Crippen LogP contribution in [0.25, 0.3) is 10.9 Å². The van der Waals surface area contributed by atoms with Gasteiger partial charge in [-0.25, -0.2) is 9.97 Å².